The van der Waals surface area contributed by atoms with Crippen molar-refractivity contribution in [1.82, 2.24) is 0 Å². The van der Waals surface area contributed by atoms with Crippen LogP contribution in [0.3, 0.4) is 0 Å². The lowest BCUT2D eigenvalue weighted by Gasteiger charge is -2.15. The number of anilines is 1. The molecule has 5 nitrogen and oxygen atoms in total. The van der Waals surface area contributed by atoms with Gasteiger partial charge in [-0.05, 0) is 76.5 Å². The summed E-state index contributed by atoms with van der Waals surface area (Å²) in [5.41, 5.74) is 1.79. The molecule has 3 aromatic carbocycles. The van der Waals surface area contributed by atoms with Crippen molar-refractivity contribution < 1.29 is 18.7 Å². The molecule has 0 saturated heterocycles. The topological polar surface area (TPSA) is 71.3 Å². The van der Waals surface area contributed by atoms with Gasteiger partial charge in [-0.1, -0.05) is 30.3 Å². The second-order valence-electron chi connectivity index (χ2n) is 6.67. The van der Waals surface area contributed by atoms with E-state index in [1.807, 2.05) is 19.1 Å². The fraction of sp³-hybridized carbons (Fsp3) is 0.120. The predicted molar refractivity (Wildman–Crippen MR) is 125 cm³/mol. The Hall–Kier alpha value is -3.63. The average Bonchev–Trinajstić information content (AvgIpc) is 2.78. The van der Waals surface area contributed by atoms with Gasteiger partial charge in [0, 0.05) is 5.69 Å². The Balaban J connectivity index is 1.85. The van der Waals surface area contributed by atoms with Crippen LogP contribution in [-0.4, -0.2) is 12.5 Å². The predicted octanol–water partition coefficient (Wildman–Crippen LogP) is 6.11. The standard InChI is InChI=1S/C25H20BrFN2O3/c1-2-31-23-14-18(11-19(15-28)25(30)29-21-9-4-3-5-10-21)13-22(26)24(23)32-16-17-7-6-8-20(27)12-17/h3-14H,2,16H2,1H3,(H,29,30)/b19-11+. The van der Waals surface area contributed by atoms with Crippen LogP contribution in [0.25, 0.3) is 6.08 Å². The molecule has 3 aromatic rings. The molecule has 3 rings (SSSR count). The highest BCUT2D eigenvalue weighted by Gasteiger charge is 2.15. The first-order valence-corrected chi connectivity index (χ1v) is 10.6. The van der Waals surface area contributed by atoms with E-state index < -0.39 is 5.91 Å². The van der Waals surface area contributed by atoms with Crippen molar-refractivity contribution in [1.29, 1.82) is 5.26 Å². The molecule has 0 heterocycles. The Kier molecular flexibility index (Phi) is 8.01. The largest absolute Gasteiger partial charge is 0.490 e. The molecular formula is C25H20BrFN2O3. The maximum Gasteiger partial charge on any atom is 0.266 e. The number of benzene rings is 3. The van der Waals surface area contributed by atoms with Gasteiger partial charge in [0.05, 0.1) is 11.1 Å². The minimum absolute atomic E-state index is 0.0587. The Morgan fingerprint density at radius 2 is 1.91 bits per heavy atom. The van der Waals surface area contributed by atoms with Crippen LogP contribution in [0, 0.1) is 17.1 Å². The SMILES string of the molecule is CCOc1cc(/C=C(\C#N)C(=O)Nc2ccccc2)cc(Br)c1OCc1cccc(F)c1. The number of nitrogens with zero attached hydrogens (tertiary/aromatic N) is 1. The maximum absolute atomic E-state index is 13.4. The number of nitrogens with one attached hydrogen (secondary N) is 1. The number of carbonyl (C=O) groups is 1. The summed E-state index contributed by atoms with van der Waals surface area (Å²) in [5.74, 6) is 0.0264. The van der Waals surface area contributed by atoms with E-state index >= 15 is 0 Å². The zero-order chi connectivity index (χ0) is 22.9. The van der Waals surface area contributed by atoms with E-state index in [9.17, 15) is 14.4 Å². The summed E-state index contributed by atoms with van der Waals surface area (Å²) in [6.07, 6.45) is 1.47. The van der Waals surface area contributed by atoms with Crippen LogP contribution in [0.15, 0.2) is 76.8 Å². The molecule has 162 valence electrons. The second-order valence-corrected chi connectivity index (χ2v) is 7.53. The number of halogens is 2. The molecule has 1 N–H and O–H groups in total. The molecule has 0 unspecified atom stereocenters. The summed E-state index contributed by atoms with van der Waals surface area (Å²) in [4.78, 5) is 12.5. The number of ether oxygens (including phenoxy) is 2. The normalized spacial score (nSPS) is 10.9. The lowest BCUT2D eigenvalue weighted by molar-refractivity contribution is -0.112. The number of para-hydroxylation sites is 1. The third-order valence-electron chi connectivity index (χ3n) is 4.31. The highest BCUT2D eigenvalue weighted by Crippen LogP contribution is 2.38. The molecule has 0 saturated carbocycles. The lowest BCUT2D eigenvalue weighted by atomic mass is 10.1. The minimum atomic E-state index is -0.515. The zero-order valence-electron chi connectivity index (χ0n) is 17.3. The molecule has 0 spiro atoms. The van der Waals surface area contributed by atoms with Crippen molar-refractivity contribution in [3.63, 3.8) is 0 Å². The summed E-state index contributed by atoms with van der Waals surface area (Å²) in [6.45, 7) is 2.37. The van der Waals surface area contributed by atoms with Crippen molar-refractivity contribution in [3.8, 4) is 17.6 Å². The van der Waals surface area contributed by atoms with E-state index in [1.54, 1.807) is 48.5 Å². The first kappa shape index (κ1) is 23.0. The Bertz CT molecular complexity index is 1170. The van der Waals surface area contributed by atoms with Gasteiger partial charge >= 0.3 is 0 Å². The third-order valence-corrected chi connectivity index (χ3v) is 4.90. The molecule has 0 bridgehead atoms. The first-order valence-electron chi connectivity index (χ1n) is 9.82. The molecule has 1 amide bonds. The Morgan fingerprint density at radius 3 is 2.59 bits per heavy atom. The smallest absolute Gasteiger partial charge is 0.266 e. The van der Waals surface area contributed by atoms with E-state index in [-0.39, 0.29) is 18.0 Å². The number of hydrogen-bond acceptors (Lipinski definition) is 4. The quantitative estimate of drug-likeness (QED) is 0.302. The second kappa shape index (κ2) is 11.1. The molecule has 0 aliphatic heterocycles. The number of amides is 1. The van der Waals surface area contributed by atoms with Crippen molar-refractivity contribution in [2.45, 2.75) is 13.5 Å². The van der Waals surface area contributed by atoms with Gasteiger partial charge in [-0.25, -0.2) is 4.39 Å². The van der Waals surface area contributed by atoms with Gasteiger partial charge in [-0.2, -0.15) is 5.26 Å². The molecular weight excluding hydrogens is 475 g/mol. The van der Waals surface area contributed by atoms with E-state index in [4.69, 9.17) is 9.47 Å². The third kappa shape index (κ3) is 6.19. The molecule has 0 aliphatic carbocycles. The number of rotatable bonds is 8. The van der Waals surface area contributed by atoms with Gasteiger partial charge in [0.2, 0.25) is 0 Å². The first-order chi connectivity index (χ1) is 15.5. The van der Waals surface area contributed by atoms with Gasteiger partial charge in [0.1, 0.15) is 24.1 Å². The summed E-state index contributed by atoms with van der Waals surface area (Å²) in [6, 6.07) is 20.4. The van der Waals surface area contributed by atoms with Gasteiger partial charge in [0.25, 0.3) is 5.91 Å². The van der Waals surface area contributed by atoms with Gasteiger partial charge in [-0.3, -0.25) is 4.79 Å². The molecule has 0 atom stereocenters. The van der Waals surface area contributed by atoms with Crippen LogP contribution in [0.5, 0.6) is 11.5 Å². The fourth-order valence-electron chi connectivity index (χ4n) is 2.89. The minimum Gasteiger partial charge on any atom is -0.490 e. The summed E-state index contributed by atoms with van der Waals surface area (Å²) in [5, 5.41) is 12.2. The van der Waals surface area contributed by atoms with Crippen LogP contribution in [0.2, 0.25) is 0 Å². The van der Waals surface area contributed by atoms with Crippen molar-refractivity contribution >= 4 is 33.6 Å². The van der Waals surface area contributed by atoms with Crippen LogP contribution < -0.4 is 14.8 Å². The van der Waals surface area contributed by atoms with Crippen LogP contribution in [0.1, 0.15) is 18.1 Å². The van der Waals surface area contributed by atoms with Crippen molar-refractivity contribution in [2.24, 2.45) is 0 Å². The Labute approximate surface area is 194 Å². The van der Waals surface area contributed by atoms with E-state index in [2.05, 4.69) is 21.2 Å². The molecule has 32 heavy (non-hydrogen) atoms. The van der Waals surface area contributed by atoms with E-state index in [0.717, 1.165) is 0 Å². The summed E-state index contributed by atoms with van der Waals surface area (Å²) < 4.78 is 25.6. The fourth-order valence-corrected chi connectivity index (χ4v) is 3.47. The van der Waals surface area contributed by atoms with Crippen LogP contribution in [0.4, 0.5) is 10.1 Å². The summed E-state index contributed by atoms with van der Waals surface area (Å²) >= 11 is 3.47. The van der Waals surface area contributed by atoms with Crippen LogP contribution >= 0.6 is 15.9 Å². The number of hydrogen-bond donors (Lipinski definition) is 1. The molecule has 0 fully saturated rings. The molecule has 7 heteroatoms. The van der Waals surface area contributed by atoms with Gasteiger partial charge in [0.15, 0.2) is 11.5 Å². The zero-order valence-corrected chi connectivity index (χ0v) is 18.9. The lowest BCUT2D eigenvalue weighted by Crippen LogP contribution is -2.13. The van der Waals surface area contributed by atoms with Gasteiger partial charge in [-0.15, -0.1) is 0 Å². The monoisotopic (exact) mass is 494 g/mol. The highest BCUT2D eigenvalue weighted by atomic mass is 79.9. The average molecular weight is 495 g/mol. The molecule has 0 aliphatic rings. The highest BCUT2D eigenvalue weighted by molar-refractivity contribution is 9.10. The molecule has 0 aromatic heterocycles. The van der Waals surface area contributed by atoms with E-state index in [0.29, 0.717) is 39.4 Å². The van der Waals surface area contributed by atoms with Crippen molar-refractivity contribution in [3.05, 3.63) is 93.7 Å². The number of carbonyl (C=O) groups excluding carboxylic acids is 1. The summed E-state index contributed by atoms with van der Waals surface area (Å²) in [7, 11) is 0. The Morgan fingerprint density at radius 1 is 1.12 bits per heavy atom. The maximum atomic E-state index is 13.4. The number of nitriles is 1. The molecule has 0 radical (unpaired) electrons. The van der Waals surface area contributed by atoms with Crippen LogP contribution in [-0.2, 0) is 11.4 Å². The van der Waals surface area contributed by atoms with Gasteiger partial charge < -0.3 is 14.8 Å². The van der Waals surface area contributed by atoms with Crippen molar-refractivity contribution in [2.75, 3.05) is 11.9 Å². The van der Waals surface area contributed by atoms with E-state index in [1.165, 1.54) is 18.2 Å².